The van der Waals surface area contributed by atoms with Gasteiger partial charge in [-0.2, -0.15) is 5.10 Å². The summed E-state index contributed by atoms with van der Waals surface area (Å²) in [6, 6.07) is 5.74. The van der Waals surface area contributed by atoms with Gasteiger partial charge in [0.25, 0.3) is 0 Å². The van der Waals surface area contributed by atoms with Gasteiger partial charge in [0, 0.05) is 30.3 Å². The summed E-state index contributed by atoms with van der Waals surface area (Å²) < 4.78 is 41.7. The van der Waals surface area contributed by atoms with E-state index < -0.39 is 13.2 Å². The second-order valence-electron chi connectivity index (χ2n) is 9.29. The number of hydrogen-bond donors (Lipinski definition) is 2. The second-order valence-corrected chi connectivity index (χ2v) is 9.29. The van der Waals surface area contributed by atoms with Crippen molar-refractivity contribution in [1.29, 1.82) is 0 Å². The lowest BCUT2D eigenvalue weighted by Crippen LogP contribution is -2.66. The van der Waals surface area contributed by atoms with Gasteiger partial charge in [-0.1, -0.05) is 6.07 Å². The molecule has 2 aliphatic heterocycles. The highest BCUT2D eigenvalue weighted by Gasteiger charge is 2.47. The summed E-state index contributed by atoms with van der Waals surface area (Å²) in [7, 11) is -0.841. The van der Waals surface area contributed by atoms with Crippen molar-refractivity contribution < 1.29 is 18.3 Å². The van der Waals surface area contributed by atoms with Gasteiger partial charge < -0.3 is 20.1 Å². The van der Waals surface area contributed by atoms with E-state index in [4.69, 9.17) is 8.85 Å². The van der Waals surface area contributed by atoms with E-state index in [2.05, 4.69) is 37.6 Å². The Hall–Kier alpha value is -3.40. The van der Waals surface area contributed by atoms with E-state index in [9.17, 15) is 5.11 Å². The summed E-state index contributed by atoms with van der Waals surface area (Å²) in [6.45, 7) is 2.15. The molecule has 2 aliphatic rings. The Bertz CT molecular complexity index is 1280. The van der Waals surface area contributed by atoms with E-state index >= 15 is 4.39 Å². The molecule has 2 aromatic heterocycles. The van der Waals surface area contributed by atoms with Gasteiger partial charge in [-0.3, -0.25) is 0 Å². The van der Waals surface area contributed by atoms with Crippen molar-refractivity contribution in [2.75, 3.05) is 19.0 Å². The number of phenols is 1. The second kappa shape index (κ2) is 8.75. The molecule has 0 unspecified atom stereocenters. The van der Waals surface area contributed by atoms with Crippen LogP contribution >= 0.6 is 0 Å². The molecule has 9 nitrogen and oxygen atoms in total. The summed E-state index contributed by atoms with van der Waals surface area (Å²) in [4.78, 5) is 6.19. The van der Waals surface area contributed by atoms with Crippen LogP contribution in [0.25, 0.3) is 22.5 Å². The fourth-order valence-corrected chi connectivity index (χ4v) is 5.08. The van der Waals surface area contributed by atoms with Crippen LogP contribution in [0, 0.1) is 0 Å². The van der Waals surface area contributed by atoms with Crippen molar-refractivity contribution in [3.8, 4) is 34.1 Å². The molecular weight excluding hydrogens is 437 g/mol. The average Bonchev–Trinajstić information content (AvgIpc) is 2.85. The molecule has 2 bridgehead atoms. The van der Waals surface area contributed by atoms with Gasteiger partial charge in [0.05, 0.1) is 35.1 Å². The molecule has 3 aromatic rings. The van der Waals surface area contributed by atoms with Crippen molar-refractivity contribution in [3.05, 3.63) is 36.7 Å². The zero-order chi connectivity index (χ0) is 26.4. The van der Waals surface area contributed by atoms with Crippen LogP contribution in [0.4, 0.5) is 10.2 Å². The highest BCUT2D eigenvalue weighted by atomic mass is 19.1. The standard InChI is InChI=1S/C24H28FN7O2/c1-24-8-4-5-17(28-24)22(25)18(11-24)32(2)20-13-26-23(31-29-20)16-7-6-14(9-19(16)33)15-10-21(34-3)30-27-12-15/h6-7,9-10,12-13,17-18,22,28,33H,4-5,8,11H2,1-3H3/t17-,18+,22-,24+/m0/s1/i3D3. The van der Waals surface area contributed by atoms with Crippen molar-refractivity contribution in [1.82, 2.24) is 30.7 Å². The fraction of sp³-hybridized carbons (Fsp3) is 0.458. The smallest absolute Gasteiger partial charge is 0.233 e. The molecule has 0 saturated carbocycles. The van der Waals surface area contributed by atoms with Crippen molar-refractivity contribution in [2.45, 2.75) is 56.4 Å². The van der Waals surface area contributed by atoms with Crippen LogP contribution in [0.3, 0.4) is 0 Å². The SMILES string of the molecule is [2H]C([2H])([2H])Oc1cc(-c2ccc(-c3ncc(N(C)[C@@H]4C[C@@]5(C)CCC[C@H](N5)[C@@H]4F)nn3)c(O)c2)cnn1. The molecule has 10 heteroatoms. The predicted molar refractivity (Wildman–Crippen MR) is 125 cm³/mol. The third-order valence-corrected chi connectivity index (χ3v) is 6.91. The Balaban J connectivity index is 1.34. The van der Waals surface area contributed by atoms with Crippen LogP contribution in [0.2, 0.25) is 0 Å². The number of hydrogen-bond acceptors (Lipinski definition) is 9. The molecular formula is C24H28FN7O2. The first kappa shape index (κ1) is 19.0. The highest BCUT2D eigenvalue weighted by Crippen LogP contribution is 2.38. The quantitative estimate of drug-likeness (QED) is 0.583. The topological polar surface area (TPSA) is 109 Å². The number of aromatic hydroxyl groups is 1. The summed E-state index contributed by atoms with van der Waals surface area (Å²) in [5.74, 6) is 0.417. The van der Waals surface area contributed by atoms with E-state index in [1.54, 1.807) is 12.1 Å². The van der Waals surface area contributed by atoms with Crippen molar-refractivity contribution in [2.24, 2.45) is 0 Å². The first-order chi connectivity index (χ1) is 17.5. The van der Waals surface area contributed by atoms with Gasteiger partial charge in [-0.05, 0) is 50.3 Å². The van der Waals surface area contributed by atoms with E-state index in [0.29, 0.717) is 28.9 Å². The molecule has 0 amide bonds. The first-order valence-corrected chi connectivity index (χ1v) is 11.2. The molecule has 4 atom stereocenters. The van der Waals surface area contributed by atoms with Crippen LogP contribution < -0.4 is 15.0 Å². The van der Waals surface area contributed by atoms with E-state index in [1.807, 2.05) is 11.9 Å². The normalized spacial score (nSPS) is 27.9. The number of nitrogens with one attached hydrogen (secondary N) is 1. The summed E-state index contributed by atoms with van der Waals surface area (Å²) in [5, 5.41) is 30.0. The third-order valence-electron chi connectivity index (χ3n) is 6.91. The first-order valence-electron chi connectivity index (χ1n) is 12.7. The number of benzene rings is 1. The lowest BCUT2D eigenvalue weighted by atomic mass is 9.74. The molecule has 34 heavy (non-hydrogen) atoms. The Morgan fingerprint density at radius 3 is 2.88 bits per heavy atom. The lowest BCUT2D eigenvalue weighted by molar-refractivity contribution is 0.0607. The number of halogens is 1. The molecule has 5 rings (SSSR count). The molecule has 2 fully saturated rings. The number of rotatable bonds is 5. The maximum Gasteiger partial charge on any atom is 0.233 e. The van der Waals surface area contributed by atoms with Crippen molar-refractivity contribution >= 4 is 5.82 Å². The van der Waals surface area contributed by atoms with Gasteiger partial charge in [0.15, 0.2) is 11.6 Å². The molecule has 178 valence electrons. The van der Waals surface area contributed by atoms with Gasteiger partial charge >= 0.3 is 0 Å². The lowest BCUT2D eigenvalue weighted by Gasteiger charge is -2.51. The largest absolute Gasteiger partial charge is 0.507 e. The molecule has 4 heterocycles. The maximum atomic E-state index is 15.3. The monoisotopic (exact) mass is 468 g/mol. The van der Waals surface area contributed by atoms with E-state index in [1.165, 1.54) is 24.5 Å². The number of piperidine rings is 2. The molecule has 1 aromatic carbocycles. The van der Waals surface area contributed by atoms with Gasteiger partial charge in [0.2, 0.25) is 5.88 Å². The third kappa shape index (κ3) is 4.13. The number of phenolic OH excluding ortho intramolecular Hbond substituents is 1. The number of ether oxygens (including phenoxy) is 1. The highest BCUT2D eigenvalue weighted by molar-refractivity contribution is 5.72. The number of aromatic nitrogens is 5. The molecule has 0 radical (unpaired) electrons. The Morgan fingerprint density at radius 2 is 2.12 bits per heavy atom. The Morgan fingerprint density at radius 1 is 1.24 bits per heavy atom. The number of alkyl halides is 1. The van der Waals surface area contributed by atoms with Crippen LogP contribution in [0.5, 0.6) is 11.6 Å². The minimum atomic E-state index is -2.65. The number of anilines is 1. The van der Waals surface area contributed by atoms with E-state index in [0.717, 1.165) is 19.3 Å². The fourth-order valence-electron chi connectivity index (χ4n) is 5.08. The number of nitrogens with zero attached hydrogens (tertiary/aromatic N) is 6. The number of methoxy groups -OCH3 is 1. The minimum absolute atomic E-state index is 0.0945. The van der Waals surface area contributed by atoms with Gasteiger partial charge in [-0.25, -0.2) is 9.37 Å². The molecule has 0 spiro atoms. The van der Waals surface area contributed by atoms with Crippen LogP contribution in [0.1, 0.15) is 36.7 Å². The summed E-state index contributed by atoms with van der Waals surface area (Å²) in [5.41, 5.74) is 1.34. The van der Waals surface area contributed by atoms with E-state index in [-0.39, 0.29) is 35.1 Å². The summed E-state index contributed by atoms with van der Waals surface area (Å²) in [6.07, 6.45) is 5.47. The molecule has 0 aliphatic carbocycles. The number of fused-ring (bicyclic) bond motifs is 2. The van der Waals surface area contributed by atoms with Crippen molar-refractivity contribution in [3.63, 3.8) is 0 Å². The van der Waals surface area contributed by atoms with Gasteiger partial charge in [0.1, 0.15) is 11.9 Å². The minimum Gasteiger partial charge on any atom is -0.507 e. The molecule has 2 N–H and O–H groups in total. The zero-order valence-corrected chi connectivity index (χ0v) is 18.9. The zero-order valence-electron chi connectivity index (χ0n) is 21.9. The van der Waals surface area contributed by atoms with Crippen LogP contribution in [-0.2, 0) is 0 Å². The summed E-state index contributed by atoms with van der Waals surface area (Å²) >= 11 is 0. The Labute approximate surface area is 201 Å². The van der Waals surface area contributed by atoms with Crippen LogP contribution in [0.15, 0.2) is 36.7 Å². The molecule has 2 saturated heterocycles. The predicted octanol–water partition coefficient (Wildman–Crippen LogP) is 3.16. The maximum absolute atomic E-state index is 15.3. The van der Waals surface area contributed by atoms with Gasteiger partial charge in [-0.15, -0.1) is 15.3 Å². The van der Waals surface area contributed by atoms with Crippen LogP contribution in [-0.4, -0.2) is 68.4 Å². The Kier molecular flexibility index (Phi) is 4.88. The average molecular weight is 469 g/mol.